The Hall–Kier alpha value is -1.65. The summed E-state index contributed by atoms with van der Waals surface area (Å²) < 4.78 is 0. The Bertz CT molecular complexity index is 429. The molecule has 5 heteroatoms. The van der Waals surface area contributed by atoms with Gasteiger partial charge in [0.25, 0.3) is 0 Å². The molecule has 1 aromatic rings. The molecule has 1 heterocycles. The molecule has 0 saturated heterocycles. The fourth-order valence-corrected chi connectivity index (χ4v) is 2.24. The molecule has 2 aliphatic carbocycles. The zero-order chi connectivity index (χ0) is 11.8. The molecule has 17 heavy (non-hydrogen) atoms. The van der Waals surface area contributed by atoms with Gasteiger partial charge in [-0.1, -0.05) is 0 Å². The van der Waals surface area contributed by atoms with Crippen molar-refractivity contribution >= 4 is 11.8 Å². The van der Waals surface area contributed by atoms with E-state index >= 15 is 0 Å². The molecule has 2 fully saturated rings. The topological polar surface area (TPSA) is 75.1 Å². The van der Waals surface area contributed by atoms with Gasteiger partial charge in [0, 0.05) is 6.04 Å². The summed E-state index contributed by atoms with van der Waals surface area (Å²) in [7, 11) is 0. The van der Waals surface area contributed by atoms with Crippen molar-refractivity contribution in [3.63, 3.8) is 0 Å². The summed E-state index contributed by atoms with van der Waals surface area (Å²) in [5, 5.41) is 12.2. The molecule has 2 aliphatic rings. The van der Waals surface area contributed by atoms with Crippen molar-refractivity contribution < 1.29 is 9.90 Å². The first kappa shape index (κ1) is 10.5. The van der Waals surface area contributed by atoms with Crippen LogP contribution in [-0.2, 0) is 0 Å². The molecule has 3 rings (SSSR count). The normalized spacial score (nSPS) is 19.4. The molecule has 0 aromatic carbocycles. The van der Waals surface area contributed by atoms with Crippen molar-refractivity contribution in [2.75, 3.05) is 5.32 Å². The van der Waals surface area contributed by atoms with Crippen molar-refractivity contribution in [1.29, 1.82) is 0 Å². The highest BCUT2D eigenvalue weighted by Crippen LogP contribution is 2.45. The van der Waals surface area contributed by atoms with Gasteiger partial charge in [-0.2, -0.15) is 0 Å². The predicted molar refractivity (Wildman–Crippen MR) is 61.9 cm³/mol. The van der Waals surface area contributed by atoms with E-state index in [0.29, 0.717) is 11.9 Å². The SMILES string of the molecule is O=C(O)c1cncc(NC(C2CC2)C2CC2)n1. The third-order valence-electron chi connectivity index (χ3n) is 3.43. The van der Waals surface area contributed by atoms with E-state index in [9.17, 15) is 4.79 Å². The molecular formula is C12H15N3O2. The molecule has 0 amide bonds. The molecule has 0 radical (unpaired) electrons. The van der Waals surface area contributed by atoms with Crippen LogP contribution in [0.1, 0.15) is 36.2 Å². The van der Waals surface area contributed by atoms with Crippen LogP contribution in [0.25, 0.3) is 0 Å². The maximum Gasteiger partial charge on any atom is 0.356 e. The van der Waals surface area contributed by atoms with Crippen LogP contribution >= 0.6 is 0 Å². The van der Waals surface area contributed by atoms with Crippen LogP contribution < -0.4 is 5.32 Å². The lowest BCUT2D eigenvalue weighted by molar-refractivity contribution is 0.0690. The molecule has 5 nitrogen and oxygen atoms in total. The van der Waals surface area contributed by atoms with Gasteiger partial charge < -0.3 is 10.4 Å². The summed E-state index contributed by atoms with van der Waals surface area (Å²) in [6.45, 7) is 0. The lowest BCUT2D eigenvalue weighted by Gasteiger charge is -2.17. The zero-order valence-electron chi connectivity index (χ0n) is 9.47. The van der Waals surface area contributed by atoms with E-state index in [1.54, 1.807) is 6.20 Å². The Morgan fingerprint density at radius 1 is 1.29 bits per heavy atom. The Kier molecular flexibility index (Phi) is 2.46. The number of rotatable bonds is 5. The van der Waals surface area contributed by atoms with Gasteiger partial charge in [0.2, 0.25) is 0 Å². The summed E-state index contributed by atoms with van der Waals surface area (Å²) in [6.07, 6.45) is 7.99. The second-order valence-electron chi connectivity index (χ2n) is 4.94. The van der Waals surface area contributed by atoms with Gasteiger partial charge in [-0.25, -0.2) is 9.78 Å². The van der Waals surface area contributed by atoms with Crippen LogP contribution in [0.5, 0.6) is 0 Å². The van der Waals surface area contributed by atoms with Crippen molar-refractivity contribution in [3.05, 3.63) is 18.1 Å². The average Bonchev–Trinajstić information content (AvgIpc) is 3.16. The molecule has 90 valence electrons. The van der Waals surface area contributed by atoms with E-state index in [-0.39, 0.29) is 5.69 Å². The summed E-state index contributed by atoms with van der Waals surface area (Å²) in [5.41, 5.74) is 0.000318. The average molecular weight is 233 g/mol. The summed E-state index contributed by atoms with van der Waals surface area (Å²) in [6, 6.07) is 0.466. The maximum absolute atomic E-state index is 10.8. The number of nitrogens with one attached hydrogen (secondary N) is 1. The van der Waals surface area contributed by atoms with Crippen LogP contribution in [0, 0.1) is 11.8 Å². The van der Waals surface area contributed by atoms with E-state index in [2.05, 4.69) is 15.3 Å². The number of hydrogen-bond donors (Lipinski definition) is 2. The molecule has 0 aliphatic heterocycles. The van der Waals surface area contributed by atoms with Crippen LogP contribution in [0.3, 0.4) is 0 Å². The lowest BCUT2D eigenvalue weighted by Crippen LogP contribution is -2.25. The van der Waals surface area contributed by atoms with Gasteiger partial charge in [0.1, 0.15) is 5.82 Å². The number of hydrogen-bond acceptors (Lipinski definition) is 4. The van der Waals surface area contributed by atoms with Crippen molar-refractivity contribution in [1.82, 2.24) is 9.97 Å². The number of aromatic nitrogens is 2. The number of carbonyl (C=O) groups is 1. The van der Waals surface area contributed by atoms with Gasteiger partial charge in [-0.3, -0.25) is 4.98 Å². The molecule has 2 saturated carbocycles. The number of aromatic carboxylic acids is 1. The first-order valence-corrected chi connectivity index (χ1v) is 6.06. The van der Waals surface area contributed by atoms with Crippen LogP contribution in [0.15, 0.2) is 12.4 Å². The van der Waals surface area contributed by atoms with Gasteiger partial charge in [0.15, 0.2) is 5.69 Å². The van der Waals surface area contributed by atoms with E-state index in [1.165, 1.54) is 31.9 Å². The quantitative estimate of drug-likeness (QED) is 0.810. The molecule has 1 aromatic heterocycles. The second-order valence-corrected chi connectivity index (χ2v) is 4.94. The molecule has 0 spiro atoms. The summed E-state index contributed by atoms with van der Waals surface area (Å²) in [5.74, 6) is 1.06. The van der Waals surface area contributed by atoms with Gasteiger partial charge in [0.05, 0.1) is 12.4 Å². The van der Waals surface area contributed by atoms with E-state index in [0.717, 1.165) is 11.8 Å². The van der Waals surface area contributed by atoms with Crippen molar-refractivity contribution in [3.8, 4) is 0 Å². The summed E-state index contributed by atoms with van der Waals surface area (Å²) in [4.78, 5) is 18.8. The monoisotopic (exact) mass is 233 g/mol. The minimum absolute atomic E-state index is 0.000318. The Morgan fingerprint density at radius 2 is 1.94 bits per heavy atom. The minimum atomic E-state index is -1.03. The summed E-state index contributed by atoms with van der Waals surface area (Å²) >= 11 is 0. The lowest BCUT2D eigenvalue weighted by atomic mass is 10.1. The smallest absolute Gasteiger partial charge is 0.356 e. The van der Waals surface area contributed by atoms with Crippen LogP contribution in [0.4, 0.5) is 5.82 Å². The Morgan fingerprint density at radius 3 is 2.47 bits per heavy atom. The van der Waals surface area contributed by atoms with Crippen molar-refractivity contribution in [2.45, 2.75) is 31.7 Å². The fourth-order valence-electron chi connectivity index (χ4n) is 2.24. The minimum Gasteiger partial charge on any atom is -0.476 e. The first-order valence-electron chi connectivity index (χ1n) is 6.06. The van der Waals surface area contributed by atoms with Crippen LogP contribution in [0.2, 0.25) is 0 Å². The second kappa shape index (κ2) is 3.98. The number of nitrogens with zero attached hydrogens (tertiary/aromatic N) is 2. The fraction of sp³-hybridized carbons (Fsp3) is 0.583. The van der Waals surface area contributed by atoms with E-state index in [4.69, 9.17) is 5.11 Å². The van der Waals surface area contributed by atoms with Gasteiger partial charge in [-0.15, -0.1) is 0 Å². The Labute approximate surface area is 99.3 Å². The third kappa shape index (κ3) is 2.38. The van der Waals surface area contributed by atoms with E-state index < -0.39 is 5.97 Å². The van der Waals surface area contributed by atoms with Crippen LogP contribution in [-0.4, -0.2) is 27.1 Å². The van der Waals surface area contributed by atoms with Crippen molar-refractivity contribution in [2.24, 2.45) is 11.8 Å². The molecule has 0 unspecified atom stereocenters. The Balaban J connectivity index is 1.74. The highest BCUT2D eigenvalue weighted by molar-refractivity contribution is 5.85. The predicted octanol–water partition coefficient (Wildman–Crippen LogP) is 1.78. The van der Waals surface area contributed by atoms with E-state index in [1.807, 2.05) is 0 Å². The van der Waals surface area contributed by atoms with Gasteiger partial charge in [-0.05, 0) is 37.5 Å². The highest BCUT2D eigenvalue weighted by atomic mass is 16.4. The standard InChI is InChI=1S/C12H15N3O2/c16-12(17)9-5-13-6-10(14-9)15-11(7-1-2-7)8-3-4-8/h5-8,11H,1-4H2,(H,14,15)(H,16,17). The highest BCUT2D eigenvalue weighted by Gasteiger charge is 2.41. The first-order chi connectivity index (χ1) is 8.24. The molecular weight excluding hydrogens is 218 g/mol. The number of anilines is 1. The molecule has 0 atom stereocenters. The zero-order valence-corrected chi connectivity index (χ0v) is 9.47. The molecule has 2 N–H and O–H groups in total. The maximum atomic E-state index is 10.8. The largest absolute Gasteiger partial charge is 0.476 e. The molecule has 0 bridgehead atoms. The number of carboxylic acid groups (broad SMARTS) is 1. The third-order valence-corrected chi connectivity index (χ3v) is 3.43. The van der Waals surface area contributed by atoms with Gasteiger partial charge >= 0.3 is 5.97 Å². The number of carboxylic acids is 1.